The number of phenolic OH excluding ortho intramolecular Hbond substituents is 1. The van der Waals surface area contributed by atoms with E-state index in [0.29, 0.717) is 17.9 Å². The number of hydroxylamine groups is 1. The fourth-order valence-electron chi connectivity index (χ4n) is 1.07. The zero-order valence-corrected chi connectivity index (χ0v) is 7.45. The topological polar surface area (TPSA) is 61.7 Å². The molecular weight excluding hydrogens is 170 g/mol. The Labute approximate surface area is 76.7 Å². The SMILES string of the molecule is CCOc1cccc(CNO)c1O. The number of rotatable bonds is 4. The molecule has 4 heteroatoms. The second-order valence-electron chi connectivity index (χ2n) is 2.53. The molecule has 1 aromatic rings. The summed E-state index contributed by atoms with van der Waals surface area (Å²) in [5.74, 6) is 0.515. The van der Waals surface area contributed by atoms with Gasteiger partial charge in [0.05, 0.1) is 6.61 Å². The molecule has 0 amide bonds. The number of phenols is 1. The number of para-hydroxylation sites is 1. The number of ether oxygens (including phenoxy) is 1. The van der Waals surface area contributed by atoms with E-state index in [2.05, 4.69) is 0 Å². The van der Waals surface area contributed by atoms with E-state index in [4.69, 9.17) is 9.94 Å². The van der Waals surface area contributed by atoms with Crippen LogP contribution in [0.3, 0.4) is 0 Å². The summed E-state index contributed by atoms with van der Waals surface area (Å²) in [5, 5.41) is 18.0. The van der Waals surface area contributed by atoms with Gasteiger partial charge in [-0.15, -0.1) is 0 Å². The van der Waals surface area contributed by atoms with Crippen LogP contribution >= 0.6 is 0 Å². The third-order valence-electron chi connectivity index (χ3n) is 1.65. The monoisotopic (exact) mass is 183 g/mol. The first-order chi connectivity index (χ1) is 6.29. The minimum atomic E-state index is 0.0749. The zero-order chi connectivity index (χ0) is 9.68. The average molecular weight is 183 g/mol. The second-order valence-corrected chi connectivity index (χ2v) is 2.53. The van der Waals surface area contributed by atoms with Gasteiger partial charge in [-0.1, -0.05) is 12.1 Å². The lowest BCUT2D eigenvalue weighted by Crippen LogP contribution is -2.06. The molecule has 72 valence electrons. The number of hydrogen-bond donors (Lipinski definition) is 3. The van der Waals surface area contributed by atoms with Crippen LogP contribution in [0.15, 0.2) is 18.2 Å². The molecule has 0 spiro atoms. The van der Waals surface area contributed by atoms with Crippen LogP contribution in [0.2, 0.25) is 0 Å². The maximum absolute atomic E-state index is 9.57. The summed E-state index contributed by atoms with van der Waals surface area (Å²) < 4.78 is 5.16. The summed E-state index contributed by atoms with van der Waals surface area (Å²) >= 11 is 0. The van der Waals surface area contributed by atoms with Crippen LogP contribution in [0.5, 0.6) is 11.5 Å². The Morgan fingerprint density at radius 2 is 2.23 bits per heavy atom. The highest BCUT2D eigenvalue weighted by Gasteiger charge is 2.06. The molecule has 0 saturated heterocycles. The van der Waals surface area contributed by atoms with Crippen molar-refractivity contribution in [1.29, 1.82) is 0 Å². The largest absolute Gasteiger partial charge is 0.504 e. The van der Waals surface area contributed by atoms with E-state index < -0.39 is 0 Å². The van der Waals surface area contributed by atoms with Gasteiger partial charge in [0, 0.05) is 12.1 Å². The van der Waals surface area contributed by atoms with Crippen molar-refractivity contribution in [2.75, 3.05) is 6.61 Å². The van der Waals surface area contributed by atoms with Crippen molar-refractivity contribution in [1.82, 2.24) is 5.48 Å². The first-order valence-corrected chi connectivity index (χ1v) is 4.10. The van der Waals surface area contributed by atoms with Gasteiger partial charge in [0.15, 0.2) is 11.5 Å². The standard InChI is InChI=1S/C9H13NO3/c1-2-13-8-5-3-4-7(6-10-12)9(8)11/h3-5,10-12H,2,6H2,1H3. The molecule has 0 radical (unpaired) electrons. The third-order valence-corrected chi connectivity index (χ3v) is 1.65. The van der Waals surface area contributed by atoms with Crippen molar-refractivity contribution in [2.24, 2.45) is 0 Å². The Hall–Kier alpha value is -1.26. The molecule has 0 aliphatic carbocycles. The molecule has 1 rings (SSSR count). The van der Waals surface area contributed by atoms with Crippen LogP contribution in [0.4, 0.5) is 0 Å². The van der Waals surface area contributed by atoms with Crippen LogP contribution in [-0.4, -0.2) is 16.9 Å². The molecule has 0 heterocycles. The number of hydrogen-bond acceptors (Lipinski definition) is 4. The molecule has 4 nitrogen and oxygen atoms in total. The average Bonchev–Trinajstić information content (AvgIpc) is 2.13. The smallest absolute Gasteiger partial charge is 0.162 e. The van der Waals surface area contributed by atoms with Crippen molar-refractivity contribution in [3.63, 3.8) is 0 Å². The Balaban J connectivity index is 2.89. The number of aromatic hydroxyl groups is 1. The van der Waals surface area contributed by atoms with E-state index in [9.17, 15) is 5.11 Å². The van der Waals surface area contributed by atoms with Crippen molar-refractivity contribution < 1.29 is 15.1 Å². The van der Waals surface area contributed by atoms with E-state index in [0.717, 1.165) is 0 Å². The molecule has 3 N–H and O–H groups in total. The van der Waals surface area contributed by atoms with Gasteiger partial charge in [0.2, 0.25) is 0 Å². The van der Waals surface area contributed by atoms with Gasteiger partial charge in [0.25, 0.3) is 0 Å². The molecule has 0 bridgehead atoms. The highest BCUT2D eigenvalue weighted by molar-refractivity contribution is 5.45. The molecule has 13 heavy (non-hydrogen) atoms. The third kappa shape index (κ3) is 2.34. The van der Waals surface area contributed by atoms with E-state index in [1.807, 2.05) is 12.4 Å². The summed E-state index contributed by atoms with van der Waals surface area (Å²) in [6.07, 6.45) is 0. The second kappa shape index (κ2) is 4.69. The number of nitrogens with one attached hydrogen (secondary N) is 1. The van der Waals surface area contributed by atoms with Crippen LogP contribution in [0.25, 0.3) is 0 Å². The lowest BCUT2D eigenvalue weighted by molar-refractivity contribution is 0.160. The summed E-state index contributed by atoms with van der Waals surface area (Å²) in [7, 11) is 0. The maximum Gasteiger partial charge on any atom is 0.162 e. The maximum atomic E-state index is 9.57. The predicted octanol–water partition coefficient (Wildman–Crippen LogP) is 1.27. The van der Waals surface area contributed by atoms with Gasteiger partial charge in [-0.3, -0.25) is 0 Å². The van der Waals surface area contributed by atoms with Crippen molar-refractivity contribution in [3.05, 3.63) is 23.8 Å². The van der Waals surface area contributed by atoms with Gasteiger partial charge >= 0.3 is 0 Å². The summed E-state index contributed by atoms with van der Waals surface area (Å²) in [5.41, 5.74) is 2.58. The van der Waals surface area contributed by atoms with Gasteiger partial charge in [0.1, 0.15) is 0 Å². The highest BCUT2D eigenvalue weighted by Crippen LogP contribution is 2.29. The lowest BCUT2D eigenvalue weighted by atomic mass is 10.2. The van der Waals surface area contributed by atoms with Crippen molar-refractivity contribution in [3.8, 4) is 11.5 Å². The molecular formula is C9H13NO3. The van der Waals surface area contributed by atoms with Gasteiger partial charge in [-0.25, -0.2) is 5.48 Å². The fourth-order valence-corrected chi connectivity index (χ4v) is 1.07. The zero-order valence-electron chi connectivity index (χ0n) is 7.45. The van der Waals surface area contributed by atoms with Gasteiger partial charge in [-0.2, -0.15) is 0 Å². The first-order valence-electron chi connectivity index (χ1n) is 4.10. The van der Waals surface area contributed by atoms with Crippen LogP contribution in [0.1, 0.15) is 12.5 Å². The quantitative estimate of drug-likeness (QED) is 0.615. The van der Waals surface area contributed by atoms with Crippen LogP contribution in [-0.2, 0) is 6.54 Å². The van der Waals surface area contributed by atoms with Crippen LogP contribution < -0.4 is 10.2 Å². The predicted molar refractivity (Wildman–Crippen MR) is 47.9 cm³/mol. The van der Waals surface area contributed by atoms with E-state index in [-0.39, 0.29) is 12.3 Å². The summed E-state index contributed by atoms with van der Waals surface area (Å²) in [4.78, 5) is 0. The van der Waals surface area contributed by atoms with Crippen molar-refractivity contribution >= 4 is 0 Å². The summed E-state index contributed by atoms with van der Waals surface area (Å²) in [6, 6.07) is 5.15. The van der Waals surface area contributed by atoms with E-state index in [1.54, 1.807) is 18.2 Å². The summed E-state index contributed by atoms with van der Waals surface area (Å²) in [6.45, 7) is 2.55. The molecule has 0 atom stereocenters. The molecule has 0 saturated carbocycles. The minimum Gasteiger partial charge on any atom is -0.504 e. The van der Waals surface area contributed by atoms with E-state index >= 15 is 0 Å². The fraction of sp³-hybridized carbons (Fsp3) is 0.333. The van der Waals surface area contributed by atoms with Crippen molar-refractivity contribution in [2.45, 2.75) is 13.5 Å². The highest BCUT2D eigenvalue weighted by atomic mass is 16.5. The Morgan fingerprint density at radius 3 is 2.85 bits per heavy atom. The molecule has 0 aliphatic rings. The molecule has 0 unspecified atom stereocenters. The number of benzene rings is 1. The lowest BCUT2D eigenvalue weighted by Gasteiger charge is -2.08. The molecule has 0 fully saturated rings. The van der Waals surface area contributed by atoms with Gasteiger partial charge < -0.3 is 15.1 Å². The Morgan fingerprint density at radius 1 is 1.46 bits per heavy atom. The Bertz CT molecular complexity index is 251. The molecule has 1 aromatic carbocycles. The molecule has 0 aliphatic heterocycles. The van der Waals surface area contributed by atoms with Crippen LogP contribution in [0, 0.1) is 0 Å². The minimum absolute atomic E-state index is 0.0749. The Kier molecular flexibility index (Phi) is 3.54. The van der Waals surface area contributed by atoms with E-state index in [1.165, 1.54) is 0 Å². The first kappa shape index (κ1) is 9.83. The molecule has 0 aromatic heterocycles. The van der Waals surface area contributed by atoms with Gasteiger partial charge in [-0.05, 0) is 13.0 Å². The normalized spacial score (nSPS) is 10.0.